The Kier molecular flexibility index (Phi) is 6.53. The quantitative estimate of drug-likeness (QED) is 0.604. The number of hydrogen-bond donors (Lipinski definition) is 1. The van der Waals surface area contributed by atoms with E-state index in [0.29, 0.717) is 29.4 Å². The molecule has 3 aromatic rings. The molecule has 1 aromatic carbocycles. The number of nitrogens with one attached hydrogen (secondary N) is 1. The number of aromatic nitrogens is 2. The molecule has 2 amide bonds. The minimum atomic E-state index is -0.399. The summed E-state index contributed by atoms with van der Waals surface area (Å²) in [4.78, 5) is 31.3. The summed E-state index contributed by atoms with van der Waals surface area (Å²) < 4.78 is 13.5. The number of benzene rings is 1. The Labute approximate surface area is 201 Å². The number of halogens is 1. The third-order valence-corrected chi connectivity index (χ3v) is 7.76. The van der Waals surface area contributed by atoms with Gasteiger partial charge in [0.1, 0.15) is 5.82 Å². The molecule has 0 radical (unpaired) electrons. The Hall–Kier alpha value is -3.33. The fourth-order valence-electron chi connectivity index (χ4n) is 4.67. The van der Waals surface area contributed by atoms with Crippen molar-refractivity contribution in [2.75, 3.05) is 31.1 Å². The molecule has 0 bridgehead atoms. The fourth-order valence-corrected chi connectivity index (χ4v) is 5.75. The van der Waals surface area contributed by atoms with Gasteiger partial charge < -0.3 is 15.1 Å². The molecular weight excluding hydrogens is 453 g/mol. The third kappa shape index (κ3) is 4.94. The minimum Gasteiger partial charge on any atom is -0.353 e. The Morgan fingerprint density at radius 3 is 2.65 bits per heavy atom. The van der Waals surface area contributed by atoms with Gasteiger partial charge in [-0.2, -0.15) is 5.10 Å². The number of likely N-dealkylation sites (tertiary alicyclic amines) is 1. The van der Waals surface area contributed by atoms with E-state index in [-0.39, 0.29) is 17.9 Å². The van der Waals surface area contributed by atoms with E-state index in [9.17, 15) is 14.0 Å². The van der Waals surface area contributed by atoms with E-state index in [1.807, 2.05) is 24.3 Å². The molecule has 2 aliphatic heterocycles. The number of piperidine rings is 1. The molecule has 0 aliphatic carbocycles. The summed E-state index contributed by atoms with van der Waals surface area (Å²) in [6.45, 7) is 2.81. The van der Waals surface area contributed by atoms with Gasteiger partial charge in [-0.05, 0) is 67.6 Å². The van der Waals surface area contributed by atoms with Crippen molar-refractivity contribution in [3.63, 3.8) is 0 Å². The van der Waals surface area contributed by atoms with Gasteiger partial charge in [0.2, 0.25) is 0 Å². The molecule has 176 valence electrons. The first-order valence-corrected chi connectivity index (χ1v) is 12.4. The summed E-state index contributed by atoms with van der Waals surface area (Å²) in [7, 11) is 0. The molecule has 2 aromatic heterocycles. The topological polar surface area (TPSA) is 78.4 Å². The van der Waals surface area contributed by atoms with Gasteiger partial charge in [-0.3, -0.25) is 9.59 Å². The first-order chi connectivity index (χ1) is 16.6. The van der Waals surface area contributed by atoms with Crippen molar-refractivity contribution in [3.8, 4) is 0 Å². The second kappa shape index (κ2) is 9.89. The highest BCUT2D eigenvalue weighted by molar-refractivity contribution is 7.14. The number of nitrogens with zero attached hydrogens (tertiary/aromatic N) is 4. The molecule has 9 heteroatoms. The molecular formula is C25H26FN5O2S. The van der Waals surface area contributed by atoms with E-state index in [1.165, 1.54) is 28.3 Å². The van der Waals surface area contributed by atoms with Crippen LogP contribution in [0.3, 0.4) is 0 Å². The third-order valence-electron chi connectivity index (χ3n) is 6.51. The molecule has 0 unspecified atom stereocenters. The van der Waals surface area contributed by atoms with Gasteiger partial charge >= 0.3 is 0 Å². The first kappa shape index (κ1) is 22.5. The van der Waals surface area contributed by atoms with Crippen molar-refractivity contribution in [1.29, 1.82) is 0 Å². The summed E-state index contributed by atoms with van der Waals surface area (Å²) in [6, 6.07) is 13.7. The summed E-state index contributed by atoms with van der Waals surface area (Å²) in [5.41, 5.74) is 0.387. The van der Waals surface area contributed by atoms with Crippen LogP contribution in [0.5, 0.6) is 0 Å². The van der Waals surface area contributed by atoms with Crippen LogP contribution in [0.4, 0.5) is 10.2 Å². The SMILES string of the molecule is O=C(N[C@H]1CCN(c2cccnn2)C1)c1ccc(C2CCN(C(=O)c3cccc(F)c3)CC2)s1. The summed E-state index contributed by atoms with van der Waals surface area (Å²) in [6.07, 6.45) is 4.19. The van der Waals surface area contributed by atoms with Crippen LogP contribution in [0.15, 0.2) is 54.7 Å². The second-order valence-corrected chi connectivity index (χ2v) is 9.88. The van der Waals surface area contributed by atoms with Gasteiger partial charge in [0.25, 0.3) is 11.8 Å². The molecule has 5 rings (SSSR count). The number of thiophene rings is 1. The van der Waals surface area contributed by atoms with Gasteiger partial charge in [-0.25, -0.2) is 4.39 Å². The van der Waals surface area contributed by atoms with Crippen molar-refractivity contribution >= 4 is 29.0 Å². The van der Waals surface area contributed by atoms with Crippen molar-refractivity contribution in [2.45, 2.75) is 31.2 Å². The largest absolute Gasteiger partial charge is 0.353 e. The lowest BCUT2D eigenvalue weighted by Gasteiger charge is -2.31. The van der Waals surface area contributed by atoms with Crippen LogP contribution in [0, 0.1) is 5.82 Å². The molecule has 34 heavy (non-hydrogen) atoms. The fraction of sp³-hybridized carbons (Fsp3) is 0.360. The average molecular weight is 480 g/mol. The van der Waals surface area contributed by atoms with Gasteiger partial charge in [0, 0.05) is 48.9 Å². The van der Waals surface area contributed by atoms with E-state index in [0.717, 1.165) is 38.2 Å². The standard InChI is InChI=1S/C25H26FN5O2S/c26-19-4-1-3-18(15-19)25(33)30-12-8-17(9-13-30)21-6-7-22(34-21)24(32)28-20-10-14-31(16-20)23-5-2-11-27-29-23/h1-7,11,15,17,20H,8-10,12-14,16H2,(H,28,32)/t20-/m0/s1. The molecule has 2 saturated heterocycles. The lowest BCUT2D eigenvalue weighted by Crippen LogP contribution is -2.37. The normalized spacial score (nSPS) is 18.8. The Bertz CT molecular complexity index is 1160. The average Bonchev–Trinajstić information content (AvgIpc) is 3.55. The van der Waals surface area contributed by atoms with Crippen LogP contribution in [0.2, 0.25) is 0 Å². The van der Waals surface area contributed by atoms with E-state index in [1.54, 1.807) is 23.2 Å². The van der Waals surface area contributed by atoms with Crippen LogP contribution >= 0.6 is 11.3 Å². The van der Waals surface area contributed by atoms with Gasteiger partial charge in [0.15, 0.2) is 5.82 Å². The highest BCUT2D eigenvalue weighted by Crippen LogP contribution is 2.33. The van der Waals surface area contributed by atoms with Gasteiger partial charge in [-0.1, -0.05) is 6.07 Å². The Morgan fingerprint density at radius 1 is 1.03 bits per heavy atom. The van der Waals surface area contributed by atoms with Crippen LogP contribution in [-0.2, 0) is 0 Å². The molecule has 1 N–H and O–H groups in total. The Balaban J connectivity index is 1.13. The van der Waals surface area contributed by atoms with Gasteiger partial charge in [-0.15, -0.1) is 16.4 Å². The van der Waals surface area contributed by atoms with E-state index >= 15 is 0 Å². The van der Waals surface area contributed by atoms with Crippen LogP contribution in [0.1, 0.15) is 50.1 Å². The zero-order valence-electron chi connectivity index (χ0n) is 18.7. The number of rotatable bonds is 5. The van der Waals surface area contributed by atoms with E-state index in [4.69, 9.17) is 0 Å². The molecule has 0 spiro atoms. The molecule has 2 fully saturated rings. The molecule has 1 atom stereocenters. The van der Waals surface area contributed by atoms with Crippen molar-refractivity contribution in [1.82, 2.24) is 20.4 Å². The molecule has 4 heterocycles. The predicted octanol–water partition coefficient (Wildman–Crippen LogP) is 3.71. The van der Waals surface area contributed by atoms with Crippen molar-refractivity contribution in [3.05, 3.63) is 75.9 Å². The lowest BCUT2D eigenvalue weighted by molar-refractivity contribution is 0.0713. The first-order valence-electron chi connectivity index (χ1n) is 11.5. The minimum absolute atomic E-state index is 0.0408. The maximum atomic E-state index is 13.5. The summed E-state index contributed by atoms with van der Waals surface area (Å²) in [5.74, 6) is 0.586. The van der Waals surface area contributed by atoms with Crippen LogP contribution in [-0.4, -0.2) is 59.1 Å². The number of amides is 2. The monoisotopic (exact) mass is 479 g/mol. The highest BCUT2D eigenvalue weighted by Gasteiger charge is 2.28. The zero-order chi connectivity index (χ0) is 23.5. The number of anilines is 1. The number of carbonyl (C=O) groups is 2. The maximum absolute atomic E-state index is 13.5. The van der Waals surface area contributed by atoms with Crippen molar-refractivity contribution in [2.24, 2.45) is 0 Å². The number of carbonyl (C=O) groups excluding carboxylic acids is 2. The summed E-state index contributed by atoms with van der Waals surface area (Å²) >= 11 is 1.53. The lowest BCUT2D eigenvalue weighted by atomic mass is 9.95. The zero-order valence-corrected chi connectivity index (χ0v) is 19.5. The molecule has 2 aliphatic rings. The van der Waals surface area contributed by atoms with E-state index < -0.39 is 5.82 Å². The Morgan fingerprint density at radius 2 is 1.88 bits per heavy atom. The summed E-state index contributed by atoms with van der Waals surface area (Å²) in [5, 5.41) is 11.2. The predicted molar refractivity (Wildman–Crippen MR) is 129 cm³/mol. The second-order valence-electron chi connectivity index (χ2n) is 8.77. The highest BCUT2D eigenvalue weighted by atomic mass is 32.1. The smallest absolute Gasteiger partial charge is 0.261 e. The molecule has 7 nitrogen and oxygen atoms in total. The van der Waals surface area contributed by atoms with Crippen LogP contribution < -0.4 is 10.2 Å². The van der Waals surface area contributed by atoms with E-state index in [2.05, 4.69) is 20.4 Å². The van der Waals surface area contributed by atoms with Crippen molar-refractivity contribution < 1.29 is 14.0 Å². The maximum Gasteiger partial charge on any atom is 0.261 e. The van der Waals surface area contributed by atoms with Crippen LogP contribution in [0.25, 0.3) is 0 Å². The molecule has 0 saturated carbocycles. The van der Waals surface area contributed by atoms with Gasteiger partial charge in [0.05, 0.1) is 4.88 Å². The number of hydrogen-bond acceptors (Lipinski definition) is 6.